The van der Waals surface area contributed by atoms with E-state index >= 15 is 0 Å². The highest BCUT2D eigenvalue weighted by atomic mass is 35.5. The first-order chi connectivity index (χ1) is 8.17. The van der Waals surface area contributed by atoms with Crippen LogP contribution in [-0.2, 0) is 12.8 Å². The van der Waals surface area contributed by atoms with Gasteiger partial charge in [-0.25, -0.2) is 0 Å². The number of ether oxygens (including phenoxy) is 2. The summed E-state index contributed by atoms with van der Waals surface area (Å²) in [7, 11) is 1.63. The molecule has 1 heterocycles. The van der Waals surface area contributed by atoms with Gasteiger partial charge in [0.25, 0.3) is 0 Å². The number of fused-ring (bicyclic) bond motifs is 1. The third-order valence-corrected chi connectivity index (χ3v) is 3.46. The average Bonchev–Trinajstić information content (AvgIpc) is 2.71. The molecule has 17 heavy (non-hydrogen) atoms. The molecular formula is C13H17ClO3. The van der Waals surface area contributed by atoms with Crippen LogP contribution in [0.5, 0.6) is 11.5 Å². The Balaban J connectivity index is 2.40. The molecule has 3 nitrogen and oxygen atoms in total. The molecule has 2 rings (SSSR count). The summed E-state index contributed by atoms with van der Waals surface area (Å²) in [5.41, 5.74) is 2.06. The van der Waals surface area contributed by atoms with Crippen molar-refractivity contribution in [2.45, 2.75) is 32.3 Å². The quantitative estimate of drug-likeness (QED) is 0.900. The normalized spacial score (nSPS) is 17.8. The van der Waals surface area contributed by atoms with E-state index < -0.39 is 0 Å². The van der Waals surface area contributed by atoms with Crippen molar-refractivity contribution in [2.75, 3.05) is 13.7 Å². The fraction of sp³-hybridized carbons (Fsp3) is 0.538. The molecule has 94 valence electrons. The van der Waals surface area contributed by atoms with Gasteiger partial charge in [0, 0.05) is 18.6 Å². The number of benzene rings is 1. The highest BCUT2D eigenvalue weighted by Gasteiger charge is 2.27. The number of methoxy groups -OCH3 is 1. The van der Waals surface area contributed by atoms with Crippen molar-refractivity contribution in [3.63, 3.8) is 0 Å². The highest BCUT2D eigenvalue weighted by molar-refractivity contribution is 6.32. The molecule has 1 aliphatic rings. The molecule has 0 saturated heterocycles. The fourth-order valence-electron chi connectivity index (χ4n) is 2.17. The van der Waals surface area contributed by atoms with E-state index in [0.29, 0.717) is 6.42 Å². The van der Waals surface area contributed by atoms with Crippen LogP contribution in [0.4, 0.5) is 0 Å². The van der Waals surface area contributed by atoms with E-state index in [2.05, 4.69) is 0 Å². The summed E-state index contributed by atoms with van der Waals surface area (Å²) in [4.78, 5) is 0. The van der Waals surface area contributed by atoms with Gasteiger partial charge in [0.15, 0.2) is 11.5 Å². The zero-order valence-electron chi connectivity index (χ0n) is 10.1. The lowest BCUT2D eigenvalue weighted by molar-refractivity contribution is 0.243. The van der Waals surface area contributed by atoms with Crippen LogP contribution in [0.15, 0.2) is 6.07 Å². The predicted molar refractivity (Wildman–Crippen MR) is 67.2 cm³/mol. The largest absolute Gasteiger partial charge is 0.493 e. The van der Waals surface area contributed by atoms with Gasteiger partial charge in [0.05, 0.1) is 12.1 Å². The molecule has 0 spiro atoms. The van der Waals surface area contributed by atoms with E-state index in [-0.39, 0.29) is 12.7 Å². The standard InChI is InChI=1S/C13H17ClO3/c1-8-6-10-12(14)9(4-3-5-15)7-11(16-2)13(10)17-8/h7-8,15H,3-6H2,1-2H3. The Labute approximate surface area is 106 Å². The molecule has 4 heteroatoms. The summed E-state index contributed by atoms with van der Waals surface area (Å²) in [6.07, 6.45) is 2.42. The number of aryl methyl sites for hydroxylation is 1. The van der Waals surface area contributed by atoms with Crippen LogP contribution in [-0.4, -0.2) is 24.9 Å². The third kappa shape index (κ3) is 2.35. The summed E-state index contributed by atoms with van der Waals surface area (Å²) in [5, 5.41) is 9.64. The van der Waals surface area contributed by atoms with Crippen LogP contribution in [0.25, 0.3) is 0 Å². The zero-order chi connectivity index (χ0) is 12.4. The topological polar surface area (TPSA) is 38.7 Å². The minimum absolute atomic E-state index is 0.143. The summed E-state index contributed by atoms with van der Waals surface area (Å²) in [5.74, 6) is 1.51. The molecule has 0 bridgehead atoms. The maximum absolute atomic E-state index is 8.88. The number of rotatable bonds is 4. The molecule has 0 fully saturated rings. The van der Waals surface area contributed by atoms with Crippen molar-refractivity contribution in [3.8, 4) is 11.5 Å². The second-order valence-corrected chi connectivity index (χ2v) is 4.70. The van der Waals surface area contributed by atoms with Gasteiger partial charge in [-0.05, 0) is 31.4 Å². The molecule has 1 aromatic rings. The molecule has 1 aliphatic heterocycles. The highest BCUT2D eigenvalue weighted by Crippen LogP contribution is 2.44. The van der Waals surface area contributed by atoms with Crippen molar-refractivity contribution >= 4 is 11.6 Å². The Hall–Kier alpha value is -0.930. The van der Waals surface area contributed by atoms with Gasteiger partial charge in [-0.15, -0.1) is 0 Å². The number of halogens is 1. The monoisotopic (exact) mass is 256 g/mol. The van der Waals surface area contributed by atoms with Crippen LogP contribution >= 0.6 is 11.6 Å². The summed E-state index contributed by atoms with van der Waals surface area (Å²) >= 11 is 6.37. The Morgan fingerprint density at radius 2 is 2.35 bits per heavy atom. The Bertz CT molecular complexity index is 418. The SMILES string of the molecule is COc1cc(CCCO)c(Cl)c2c1OC(C)C2. The number of hydrogen-bond acceptors (Lipinski definition) is 3. The molecule has 0 aliphatic carbocycles. The lowest BCUT2D eigenvalue weighted by atomic mass is 10.0. The number of aliphatic hydroxyl groups excluding tert-OH is 1. The first kappa shape index (κ1) is 12.5. The summed E-state index contributed by atoms with van der Waals surface area (Å²) < 4.78 is 11.0. The minimum atomic E-state index is 0.143. The Morgan fingerprint density at radius 3 is 3.00 bits per heavy atom. The van der Waals surface area contributed by atoms with Gasteiger partial charge in [0.1, 0.15) is 6.10 Å². The lowest BCUT2D eigenvalue weighted by Crippen LogP contribution is -2.05. The molecular weight excluding hydrogens is 240 g/mol. The molecule has 0 saturated carbocycles. The van der Waals surface area contributed by atoms with Gasteiger partial charge in [-0.2, -0.15) is 0 Å². The van der Waals surface area contributed by atoms with E-state index in [1.807, 2.05) is 13.0 Å². The van der Waals surface area contributed by atoms with E-state index in [9.17, 15) is 0 Å². The molecule has 1 atom stereocenters. The van der Waals surface area contributed by atoms with Crippen LogP contribution in [0.3, 0.4) is 0 Å². The number of aliphatic hydroxyl groups is 1. The lowest BCUT2D eigenvalue weighted by Gasteiger charge is -2.12. The van der Waals surface area contributed by atoms with Crippen molar-refractivity contribution in [1.82, 2.24) is 0 Å². The summed E-state index contributed by atoms with van der Waals surface area (Å²) in [6.45, 7) is 2.19. The molecule has 0 radical (unpaired) electrons. The van der Waals surface area contributed by atoms with Gasteiger partial charge >= 0.3 is 0 Å². The second kappa shape index (κ2) is 5.15. The summed E-state index contributed by atoms with van der Waals surface area (Å²) in [6, 6.07) is 1.91. The van der Waals surface area contributed by atoms with Crippen LogP contribution in [0.1, 0.15) is 24.5 Å². The molecule has 1 aromatic carbocycles. The fourth-order valence-corrected chi connectivity index (χ4v) is 2.49. The maximum atomic E-state index is 8.88. The van der Waals surface area contributed by atoms with Gasteiger partial charge in [-0.3, -0.25) is 0 Å². The minimum Gasteiger partial charge on any atom is -0.493 e. The predicted octanol–water partition coefficient (Wildman–Crippen LogP) is 2.60. The second-order valence-electron chi connectivity index (χ2n) is 4.32. The van der Waals surface area contributed by atoms with Gasteiger partial charge < -0.3 is 14.6 Å². The van der Waals surface area contributed by atoms with Crippen LogP contribution in [0.2, 0.25) is 5.02 Å². The first-order valence-corrected chi connectivity index (χ1v) is 6.21. The van der Waals surface area contributed by atoms with Crippen molar-refractivity contribution < 1.29 is 14.6 Å². The molecule has 1 unspecified atom stereocenters. The van der Waals surface area contributed by atoms with Crippen molar-refractivity contribution in [3.05, 3.63) is 22.2 Å². The Morgan fingerprint density at radius 1 is 1.59 bits per heavy atom. The molecule has 0 amide bonds. The molecule has 0 aromatic heterocycles. The Kier molecular flexibility index (Phi) is 3.79. The third-order valence-electron chi connectivity index (χ3n) is 2.98. The average molecular weight is 257 g/mol. The van der Waals surface area contributed by atoms with E-state index in [4.69, 9.17) is 26.2 Å². The maximum Gasteiger partial charge on any atom is 0.166 e. The van der Waals surface area contributed by atoms with E-state index in [1.165, 1.54) is 0 Å². The van der Waals surface area contributed by atoms with Crippen molar-refractivity contribution in [2.24, 2.45) is 0 Å². The number of hydrogen-bond donors (Lipinski definition) is 1. The van der Waals surface area contributed by atoms with Crippen molar-refractivity contribution in [1.29, 1.82) is 0 Å². The zero-order valence-corrected chi connectivity index (χ0v) is 10.9. The van der Waals surface area contributed by atoms with Gasteiger partial charge in [0.2, 0.25) is 0 Å². The van der Waals surface area contributed by atoms with Crippen LogP contribution in [0, 0.1) is 0 Å². The van der Waals surface area contributed by atoms with E-state index in [1.54, 1.807) is 7.11 Å². The first-order valence-electron chi connectivity index (χ1n) is 5.83. The van der Waals surface area contributed by atoms with E-state index in [0.717, 1.165) is 40.5 Å². The molecule has 1 N–H and O–H groups in total. The smallest absolute Gasteiger partial charge is 0.166 e. The van der Waals surface area contributed by atoms with Gasteiger partial charge in [-0.1, -0.05) is 11.6 Å². The van der Waals surface area contributed by atoms with Crippen LogP contribution < -0.4 is 9.47 Å².